The van der Waals surface area contributed by atoms with Crippen LogP contribution in [0.4, 0.5) is 0 Å². The van der Waals surface area contributed by atoms with Crippen molar-refractivity contribution in [1.29, 1.82) is 0 Å². The fourth-order valence-electron chi connectivity index (χ4n) is 1.57. The number of benzene rings is 2. The highest BCUT2D eigenvalue weighted by atomic mass is 32.3. The SMILES string of the molecule is Cc1ccc2ccccc2c1OS(=O)(=O)O. The lowest BCUT2D eigenvalue weighted by molar-refractivity contribution is 0.387. The molecular formula is C11H10O4S. The molecule has 0 unspecified atom stereocenters. The van der Waals surface area contributed by atoms with Crippen LogP contribution >= 0.6 is 0 Å². The Morgan fingerprint density at radius 3 is 2.50 bits per heavy atom. The second-order valence-corrected chi connectivity index (χ2v) is 4.47. The van der Waals surface area contributed by atoms with Crippen molar-refractivity contribution in [3.05, 3.63) is 42.0 Å². The highest BCUT2D eigenvalue weighted by Crippen LogP contribution is 2.30. The summed E-state index contributed by atoms with van der Waals surface area (Å²) in [5.41, 5.74) is 0.649. The first-order chi connectivity index (χ1) is 7.47. The van der Waals surface area contributed by atoms with Gasteiger partial charge < -0.3 is 4.18 Å². The van der Waals surface area contributed by atoms with Gasteiger partial charge in [0, 0.05) is 5.39 Å². The second kappa shape index (κ2) is 3.77. The van der Waals surface area contributed by atoms with Gasteiger partial charge >= 0.3 is 10.4 Å². The molecule has 84 valence electrons. The Kier molecular flexibility index (Phi) is 2.57. The average molecular weight is 238 g/mol. The molecule has 0 spiro atoms. The lowest BCUT2D eigenvalue weighted by atomic mass is 10.1. The largest absolute Gasteiger partial charge is 0.446 e. The molecule has 0 aromatic heterocycles. The van der Waals surface area contributed by atoms with Crippen molar-refractivity contribution in [2.24, 2.45) is 0 Å². The summed E-state index contributed by atoms with van der Waals surface area (Å²) in [5.74, 6) is 0.167. The molecule has 0 radical (unpaired) electrons. The first kappa shape index (κ1) is 10.9. The summed E-state index contributed by atoms with van der Waals surface area (Å²) >= 11 is 0. The second-order valence-electron chi connectivity index (χ2n) is 3.44. The van der Waals surface area contributed by atoms with E-state index >= 15 is 0 Å². The monoisotopic (exact) mass is 238 g/mol. The minimum absolute atomic E-state index is 0.167. The fraction of sp³-hybridized carbons (Fsp3) is 0.0909. The van der Waals surface area contributed by atoms with Crippen LogP contribution in [-0.4, -0.2) is 13.0 Å². The molecule has 2 aromatic rings. The standard InChI is InChI=1S/C11H10O4S/c1-8-6-7-9-4-2-3-5-10(9)11(8)15-16(12,13)14/h2-7H,1H3,(H,12,13,14). The molecule has 0 fully saturated rings. The molecule has 16 heavy (non-hydrogen) atoms. The van der Waals surface area contributed by atoms with Crippen LogP contribution in [0.15, 0.2) is 36.4 Å². The maximum Gasteiger partial charge on any atom is 0.446 e. The summed E-state index contributed by atoms with van der Waals surface area (Å²) in [5, 5.41) is 1.51. The van der Waals surface area contributed by atoms with Crippen molar-refractivity contribution in [1.82, 2.24) is 0 Å². The molecule has 0 saturated heterocycles. The molecule has 0 atom stereocenters. The number of rotatable bonds is 2. The van der Waals surface area contributed by atoms with Gasteiger partial charge in [-0.1, -0.05) is 36.4 Å². The third kappa shape index (κ3) is 2.15. The first-order valence-electron chi connectivity index (χ1n) is 4.62. The van der Waals surface area contributed by atoms with E-state index in [0.29, 0.717) is 10.9 Å². The summed E-state index contributed by atoms with van der Waals surface area (Å²) in [6.07, 6.45) is 0. The molecule has 0 saturated carbocycles. The van der Waals surface area contributed by atoms with E-state index in [2.05, 4.69) is 4.18 Å². The third-order valence-electron chi connectivity index (χ3n) is 2.27. The van der Waals surface area contributed by atoms with Crippen molar-refractivity contribution < 1.29 is 17.2 Å². The van der Waals surface area contributed by atoms with E-state index in [1.54, 1.807) is 25.1 Å². The predicted molar refractivity (Wildman–Crippen MR) is 60.9 cm³/mol. The zero-order valence-electron chi connectivity index (χ0n) is 8.54. The Morgan fingerprint density at radius 2 is 1.81 bits per heavy atom. The first-order valence-corrected chi connectivity index (χ1v) is 5.99. The van der Waals surface area contributed by atoms with Crippen LogP contribution in [0.25, 0.3) is 10.8 Å². The molecule has 0 aliphatic carbocycles. The third-order valence-corrected chi connectivity index (χ3v) is 2.64. The van der Waals surface area contributed by atoms with Crippen molar-refractivity contribution in [3.8, 4) is 5.75 Å². The zero-order valence-corrected chi connectivity index (χ0v) is 9.36. The minimum atomic E-state index is -4.49. The highest BCUT2D eigenvalue weighted by molar-refractivity contribution is 7.81. The topological polar surface area (TPSA) is 63.6 Å². The maximum absolute atomic E-state index is 10.7. The molecule has 4 nitrogen and oxygen atoms in total. The lowest BCUT2D eigenvalue weighted by Crippen LogP contribution is -2.07. The van der Waals surface area contributed by atoms with Gasteiger partial charge in [-0.25, -0.2) is 0 Å². The molecule has 0 bridgehead atoms. The average Bonchev–Trinajstić information content (AvgIpc) is 2.21. The van der Waals surface area contributed by atoms with Crippen molar-refractivity contribution in [2.75, 3.05) is 0 Å². The van der Waals surface area contributed by atoms with Crippen LogP contribution in [0.3, 0.4) is 0 Å². The Bertz CT molecular complexity index is 631. The van der Waals surface area contributed by atoms with E-state index in [1.165, 1.54) is 0 Å². The summed E-state index contributed by atoms with van der Waals surface area (Å²) in [7, 11) is -4.49. The fourth-order valence-corrected chi connectivity index (χ4v) is 2.00. The smallest absolute Gasteiger partial charge is 0.361 e. The Labute approximate surface area is 93.4 Å². The van der Waals surface area contributed by atoms with Crippen LogP contribution < -0.4 is 4.18 Å². The lowest BCUT2D eigenvalue weighted by Gasteiger charge is -2.08. The number of hydrogen-bond acceptors (Lipinski definition) is 3. The van der Waals surface area contributed by atoms with Gasteiger partial charge in [-0.05, 0) is 17.9 Å². The van der Waals surface area contributed by atoms with Gasteiger partial charge in [0.25, 0.3) is 0 Å². The number of fused-ring (bicyclic) bond motifs is 1. The zero-order chi connectivity index (χ0) is 11.8. The van der Waals surface area contributed by atoms with Crippen LogP contribution in [0, 0.1) is 6.92 Å². The predicted octanol–water partition coefficient (Wildman–Crippen LogP) is 2.33. The van der Waals surface area contributed by atoms with Gasteiger partial charge in [0.2, 0.25) is 0 Å². The Morgan fingerprint density at radius 1 is 1.12 bits per heavy atom. The van der Waals surface area contributed by atoms with Gasteiger partial charge in [0.15, 0.2) is 5.75 Å². The van der Waals surface area contributed by atoms with Crippen molar-refractivity contribution >= 4 is 21.2 Å². The van der Waals surface area contributed by atoms with Crippen LogP contribution in [0.1, 0.15) is 5.56 Å². The molecule has 0 aliphatic heterocycles. The van der Waals surface area contributed by atoms with Crippen LogP contribution in [0.5, 0.6) is 5.75 Å². The summed E-state index contributed by atoms with van der Waals surface area (Å²) < 4.78 is 34.7. The van der Waals surface area contributed by atoms with Gasteiger partial charge in [-0.3, -0.25) is 4.55 Å². The van der Waals surface area contributed by atoms with Gasteiger partial charge in [0.1, 0.15) is 0 Å². The molecule has 0 heterocycles. The number of hydrogen-bond donors (Lipinski definition) is 1. The quantitative estimate of drug-likeness (QED) is 0.815. The van der Waals surface area contributed by atoms with E-state index in [-0.39, 0.29) is 5.75 Å². The van der Waals surface area contributed by atoms with Crippen LogP contribution in [-0.2, 0) is 10.4 Å². The molecular weight excluding hydrogens is 228 g/mol. The van der Waals surface area contributed by atoms with Crippen molar-refractivity contribution in [3.63, 3.8) is 0 Å². The Hall–Kier alpha value is -1.59. The molecule has 1 N–H and O–H groups in total. The molecule has 2 aromatic carbocycles. The van der Waals surface area contributed by atoms with E-state index in [0.717, 1.165) is 5.39 Å². The van der Waals surface area contributed by atoms with E-state index < -0.39 is 10.4 Å². The molecule has 0 aliphatic rings. The maximum atomic E-state index is 10.7. The van der Waals surface area contributed by atoms with Gasteiger partial charge in [-0.15, -0.1) is 0 Å². The normalized spacial score (nSPS) is 11.6. The highest BCUT2D eigenvalue weighted by Gasteiger charge is 2.12. The summed E-state index contributed by atoms with van der Waals surface area (Å²) in [6, 6.07) is 10.8. The molecule has 2 rings (SSSR count). The molecule has 0 amide bonds. The summed E-state index contributed by atoms with van der Waals surface area (Å²) in [4.78, 5) is 0. The van der Waals surface area contributed by atoms with E-state index in [1.807, 2.05) is 18.2 Å². The van der Waals surface area contributed by atoms with E-state index in [9.17, 15) is 8.42 Å². The van der Waals surface area contributed by atoms with Crippen molar-refractivity contribution in [2.45, 2.75) is 6.92 Å². The van der Waals surface area contributed by atoms with Crippen LogP contribution in [0.2, 0.25) is 0 Å². The van der Waals surface area contributed by atoms with E-state index in [4.69, 9.17) is 4.55 Å². The minimum Gasteiger partial charge on any atom is -0.361 e. The number of aryl methyl sites for hydroxylation is 1. The molecule has 5 heteroatoms. The van der Waals surface area contributed by atoms with Gasteiger partial charge in [0.05, 0.1) is 0 Å². The summed E-state index contributed by atoms with van der Waals surface area (Å²) in [6.45, 7) is 1.72. The Balaban J connectivity index is 2.71. The van der Waals surface area contributed by atoms with Gasteiger partial charge in [-0.2, -0.15) is 8.42 Å².